The highest BCUT2D eigenvalue weighted by molar-refractivity contribution is 7.90. The van der Waals surface area contributed by atoms with E-state index < -0.39 is 21.8 Å². The van der Waals surface area contributed by atoms with E-state index in [0.717, 1.165) is 19.3 Å². The van der Waals surface area contributed by atoms with Gasteiger partial charge >= 0.3 is 0 Å². The van der Waals surface area contributed by atoms with E-state index in [1.165, 1.54) is 24.5 Å². The van der Waals surface area contributed by atoms with Crippen LogP contribution in [0, 0.1) is 5.92 Å². The first-order chi connectivity index (χ1) is 15.4. The average molecular weight is 519 g/mol. The maximum atomic E-state index is 13.2. The highest BCUT2D eigenvalue weighted by atomic mass is 35.5. The molecule has 4 atom stereocenters. The number of likely N-dealkylation sites (tertiary alicyclic amines) is 1. The van der Waals surface area contributed by atoms with E-state index in [-0.39, 0.29) is 29.7 Å². The fourth-order valence-electron chi connectivity index (χ4n) is 5.08. The van der Waals surface area contributed by atoms with Crippen LogP contribution in [0.15, 0.2) is 18.2 Å². The summed E-state index contributed by atoms with van der Waals surface area (Å²) >= 11 is 12.0. The highest BCUT2D eigenvalue weighted by Gasteiger charge is 2.43. The van der Waals surface area contributed by atoms with Crippen molar-refractivity contribution in [2.45, 2.75) is 63.7 Å². The van der Waals surface area contributed by atoms with E-state index >= 15 is 0 Å². The molecule has 3 rings (SSSR count). The first-order valence-electron chi connectivity index (χ1n) is 11.3. The molecule has 0 radical (unpaired) electrons. The summed E-state index contributed by atoms with van der Waals surface area (Å²) in [6, 6.07) is 4.41. The number of amides is 2. The molecule has 1 heterocycles. The number of sulfone groups is 1. The molecule has 2 amide bonds. The Kier molecular flexibility index (Phi) is 8.36. The van der Waals surface area contributed by atoms with Gasteiger partial charge in [-0.05, 0) is 70.7 Å². The molecule has 1 aliphatic heterocycles. The number of nitrogens with one attached hydrogen (secondary N) is 1. The Balaban J connectivity index is 1.72. The molecule has 1 saturated heterocycles. The van der Waals surface area contributed by atoms with Gasteiger partial charge in [0, 0.05) is 46.5 Å². The fourth-order valence-corrected chi connectivity index (χ4v) is 6.75. The number of carbonyl (C=O) groups excluding carboxylic acids is 2. The minimum Gasteiger partial charge on any atom is -0.340 e. The molecule has 0 aromatic heterocycles. The van der Waals surface area contributed by atoms with Gasteiger partial charge in [-0.2, -0.15) is 0 Å². The second-order valence-corrected chi connectivity index (χ2v) is 12.7. The lowest BCUT2D eigenvalue weighted by Gasteiger charge is -2.44. The number of hydrogen-bond acceptors (Lipinski definition) is 5. The largest absolute Gasteiger partial charge is 0.340 e. The van der Waals surface area contributed by atoms with Crippen LogP contribution in [-0.4, -0.2) is 79.8 Å². The molecule has 1 saturated carbocycles. The zero-order chi connectivity index (χ0) is 24.5. The smallest absolute Gasteiger partial charge is 0.252 e. The van der Waals surface area contributed by atoms with Gasteiger partial charge in [-0.25, -0.2) is 8.42 Å². The minimum atomic E-state index is -3.20. The third-order valence-corrected chi connectivity index (χ3v) is 8.36. The van der Waals surface area contributed by atoms with Gasteiger partial charge < -0.3 is 15.1 Å². The van der Waals surface area contributed by atoms with Crippen LogP contribution >= 0.6 is 23.2 Å². The summed E-state index contributed by atoms with van der Waals surface area (Å²) in [5.41, 5.74) is 0.297. The van der Waals surface area contributed by atoms with Crippen LogP contribution in [0.3, 0.4) is 0 Å². The van der Waals surface area contributed by atoms with Crippen LogP contribution in [0.1, 0.15) is 49.9 Å². The molecule has 1 aromatic carbocycles. The predicted octanol–water partition coefficient (Wildman–Crippen LogP) is 3.25. The molecular formula is C23H33Cl2N3O4S. The average Bonchev–Trinajstić information content (AvgIpc) is 3.05. The number of carbonyl (C=O) groups is 2. The lowest BCUT2D eigenvalue weighted by Crippen LogP contribution is -2.53. The molecule has 7 nitrogen and oxygen atoms in total. The summed E-state index contributed by atoms with van der Waals surface area (Å²) in [6.07, 6.45) is 4.12. The molecular weight excluding hydrogens is 485 g/mol. The summed E-state index contributed by atoms with van der Waals surface area (Å²) in [5.74, 6) is -0.641. The maximum Gasteiger partial charge on any atom is 0.252 e. The molecule has 33 heavy (non-hydrogen) atoms. The van der Waals surface area contributed by atoms with E-state index in [1.807, 2.05) is 0 Å². The van der Waals surface area contributed by atoms with Gasteiger partial charge in [-0.15, -0.1) is 0 Å². The third kappa shape index (κ3) is 6.62. The van der Waals surface area contributed by atoms with E-state index in [1.54, 1.807) is 4.90 Å². The molecule has 0 unspecified atom stereocenters. The van der Waals surface area contributed by atoms with Crippen molar-refractivity contribution in [3.05, 3.63) is 33.8 Å². The van der Waals surface area contributed by atoms with Crippen LogP contribution in [0.4, 0.5) is 0 Å². The van der Waals surface area contributed by atoms with Gasteiger partial charge in [0.15, 0.2) is 0 Å². The number of rotatable bonds is 7. The van der Waals surface area contributed by atoms with E-state index in [0.29, 0.717) is 34.6 Å². The number of nitrogens with zero attached hydrogens (tertiary/aromatic N) is 2. The Hall–Kier alpha value is -1.35. The van der Waals surface area contributed by atoms with Crippen molar-refractivity contribution in [2.24, 2.45) is 5.92 Å². The van der Waals surface area contributed by atoms with Crippen molar-refractivity contribution in [2.75, 3.05) is 25.6 Å². The topological polar surface area (TPSA) is 86.8 Å². The zero-order valence-electron chi connectivity index (χ0n) is 19.6. The van der Waals surface area contributed by atoms with Crippen molar-refractivity contribution in [3.63, 3.8) is 0 Å². The standard InChI is InChI=1S/C23H33Cl2N3O4S/c1-14(2)27(3)19-5-6-21(16(11-19)13-33(4,31)32)28-8-7-20(23(28)30)26-22(29)15-9-17(24)12-18(25)10-15/h9-10,12,14,16,19-21H,5-8,11,13H2,1-4H3,(H,26,29)/t16-,19-,20+,21+/m1/s1. The first kappa shape index (κ1) is 26.3. The molecule has 1 aliphatic carbocycles. The van der Waals surface area contributed by atoms with Crippen LogP contribution in [0.5, 0.6) is 0 Å². The summed E-state index contributed by atoms with van der Waals surface area (Å²) in [5, 5.41) is 3.49. The lowest BCUT2D eigenvalue weighted by atomic mass is 9.81. The highest BCUT2D eigenvalue weighted by Crippen LogP contribution is 2.35. The van der Waals surface area contributed by atoms with Crippen molar-refractivity contribution in [1.82, 2.24) is 15.1 Å². The van der Waals surface area contributed by atoms with E-state index in [4.69, 9.17) is 23.2 Å². The Labute approximate surface area is 206 Å². The maximum absolute atomic E-state index is 13.2. The van der Waals surface area contributed by atoms with E-state index in [9.17, 15) is 18.0 Å². The van der Waals surface area contributed by atoms with Crippen LogP contribution in [-0.2, 0) is 14.6 Å². The Bertz CT molecular complexity index is 981. The Morgan fingerprint density at radius 2 is 1.82 bits per heavy atom. The van der Waals surface area contributed by atoms with Gasteiger partial charge in [-0.1, -0.05) is 23.2 Å². The first-order valence-corrected chi connectivity index (χ1v) is 14.1. The van der Waals surface area contributed by atoms with Crippen molar-refractivity contribution >= 4 is 44.9 Å². The molecule has 0 bridgehead atoms. The normalized spacial score (nSPS) is 26.3. The molecule has 184 valence electrons. The van der Waals surface area contributed by atoms with Crippen LogP contribution in [0.2, 0.25) is 10.0 Å². The lowest BCUT2D eigenvalue weighted by molar-refractivity contribution is -0.133. The SMILES string of the molecule is CC(C)N(C)[C@@H]1CC[C@H](N2CC[C@H](NC(=O)c3cc(Cl)cc(Cl)c3)C2=O)[C@@H](CS(C)(=O)=O)C1. The summed E-state index contributed by atoms with van der Waals surface area (Å²) < 4.78 is 24.4. The van der Waals surface area contributed by atoms with Gasteiger partial charge in [0.1, 0.15) is 15.9 Å². The van der Waals surface area contributed by atoms with E-state index in [2.05, 4.69) is 31.1 Å². The zero-order valence-corrected chi connectivity index (χ0v) is 21.9. The van der Waals surface area contributed by atoms with Gasteiger partial charge in [-0.3, -0.25) is 9.59 Å². The monoisotopic (exact) mass is 517 g/mol. The number of halogens is 2. The van der Waals surface area contributed by atoms with Crippen molar-refractivity contribution < 1.29 is 18.0 Å². The summed E-state index contributed by atoms with van der Waals surface area (Å²) in [4.78, 5) is 30.0. The van der Waals surface area contributed by atoms with Crippen LogP contribution < -0.4 is 5.32 Å². The molecule has 0 spiro atoms. The molecule has 10 heteroatoms. The fraction of sp³-hybridized carbons (Fsp3) is 0.652. The second kappa shape index (κ2) is 10.5. The molecule has 1 N–H and O–H groups in total. The Morgan fingerprint density at radius 1 is 1.18 bits per heavy atom. The molecule has 2 aliphatic rings. The second-order valence-electron chi connectivity index (χ2n) is 9.65. The summed E-state index contributed by atoms with van der Waals surface area (Å²) in [7, 11) is -1.13. The number of benzene rings is 1. The Morgan fingerprint density at radius 3 is 2.39 bits per heavy atom. The third-order valence-electron chi connectivity index (χ3n) is 6.89. The minimum absolute atomic E-state index is 0.0575. The van der Waals surface area contributed by atoms with Gasteiger partial charge in [0.2, 0.25) is 5.91 Å². The predicted molar refractivity (Wildman–Crippen MR) is 132 cm³/mol. The molecule has 1 aromatic rings. The van der Waals surface area contributed by atoms with Gasteiger partial charge in [0.05, 0.1) is 5.75 Å². The molecule has 2 fully saturated rings. The van der Waals surface area contributed by atoms with Crippen LogP contribution in [0.25, 0.3) is 0 Å². The quantitative estimate of drug-likeness (QED) is 0.599. The number of hydrogen-bond donors (Lipinski definition) is 1. The summed E-state index contributed by atoms with van der Waals surface area (Å²) in [6.45, 7) is 4.75. The van der Waals surface area contributed by atoms with Crippen molar-refractivity contribution in [1.29, 1.82) is 0 Å². The van der Waals surface area contributed by atoms with Crippen molar-refractivity contribution in [3.8, 4) is 0 Å². The van der Waals surface area contributed by atoms with Gasteiger partial charge in [0.25, 0.3) is 5.91 Å².